The molecule has 5 N–H and O–H groups in total. The number of alkyl carbamates (subject to hydrolysis) is 1. The van der Waals surface area contributed by atoms with Crippen LogP contribution in [-0.4, -0.2) is 69.6 Å². The largest absolute Gasteiger partial charge is 0.508 e. The number of hydrogen-bond donors (Lipinski definition) is 4. The molecule has 248 valence electrons. The molecule has 0 fully saturated rings. The molecule has 2 aromatic carbocycles. The van der Waals surface area contributed by atoms with E-state index in [1.807, 2.05) is 6.07 Å². The van der Waals surface area contributed by atoms with E-state index in [0.29, 0.717) is 0 Å². The third-order valence-electron chi connectivity index (χ3n) is 6.25. The molecule has 0 aliphatic carbocycles. The smallest absolute Gasteiger partial charge is 0.408 e. The van der Waals surface area contributed by atoms with Crippen LogP contribution in [0.25, 0.3) is 0 Å². The number of nitrogens with two attached hydrogens (primary N) is 1. The van der Waals surface area contributed by atoms with Crippen molar-refractivity contribution in [1.82, 2.24) is 15.5 Å². The van der Waals surface area contributed by atoms with E-state index in [-0.39, 0.29) is 30.6 Å². The van der Waals surface area contributed by atoms with Gasteiger partial charge in [0, 0.05) is 12.8 Å². The van der Waals surface area contributed by atoms with Gasteiger partial charge >= 0.3 is 12.1 Å². The zero-order valence-corrected chi connectivity index (χ0v) is 27.0. The maximum absolute atomic E-state index is 14.1. The highest BCUT2D eigenvalue weighted by Gasteiger charge is 2.38. The Balaban J connectivity index is 2.58. The number of nitriles is 1. The van der Waals surface area contributed by atoms with Gasteiger partial charge in [0.25, 0.3) is 0 Å². The Labute approximate surface area is 269 Å². The summed E-state index contributed by atoms with van der Waals surface area (Å²) in [5.41, 5.74) is 4.43. The molecule has 0 heterocycles. The lowest BCUT2D eigenvalue weighted by atomic mass is 10.00. The molecule has 0 radical (unpaired) electrons. The summed E-state index contributed by atoms with van der Waals surface area (Å²) in [6, 6.07) is 12.0. The average Bonchev–Trinajstić information content (AvgIpc) is 2.94. The predicted octanol–water partition coefficient (Wildman–Crippen LogP) is 3.01. The van der Waals surface area contributed by atoms with Gasteiger partial charge in [-0.2, -0.15) is 5.26 Å². The number of nitrogens with one attached hydrogen (secondary N) is 2. The summed E-state index contributed by atoms with van der Waals surface area (Å²) in [7, 11) is 0. The lowest BCUT2D eigenvalue weighted by molar-refractivity contribution is -0.159. The highest BCUT2D eigenvalue weighted by atomic mass is 16.6. The molecule has 3 atom stereocenters. The van der Waals surface area contributed by atoms with Gasteiger partial charge in [-0.3, -0.25) is 14.4 Å². The number of amides is 4. The molecular formula is C33H43N5O8. The Bertz CT molecular complexity index is 1410. The average molecular weight is 638 g/mol. The first-order valence-corrected chi connectivity index (χ1v) is 14.7. The van der Waals surface area contributed by atoms with Crippen molar-refractivity contribution < 1.29 is 38.6 Å². The van der Waals surface area contributed by atoms with Crippen molar-refractivity contribution in [3.8, 4) is 11.8 Å². The first-order valence-electron chi connectivity index (χ1n) is 14.7. The van der Waals surface area contributed by atoms with Gasteiger partial charge in [-0.1, -0.05) is 42.5 Å². The summed E-state index contributed by atoms with van der Waals surface area (Å²) in [5, 5.41) is 24.8. The zero-order chi connectivity index (χ0) is 34.7. The van der Waals surface area contributed by atoms with Gasteiger partial charge in [-0.15, -0.1) is 0 Å². The molecule has 13 heteroatoms. The van der Waals surface area contributed by atoms with Crippen LogP contribution in [0.4, 0.5) is 4.79 Å². The molecule has 4 amide bonds. The highest BCUT2D eigenvalue weighted by Crippen LogP contribution is 2.26. The predicted molar refractivity (Wildman–Crippen MR) is 168 cm³/mol. The molecule has 0 aromatic heterocycles. The van der Waals surface area contributed by atoms with E-state index < -0.39 is 65.7 Å². The Morgan fingerprint density at radius 1 is 0.891 bits per heavy atom. The summed E-state index contributed by atoms with van der Waals surface area (Å²) < 4.78 is 10.9. The number of carbonyl (C=O) groups excluding carboxylic acids is 5. The standard InChI is InChI=1S/C33H43N5O8/c1-32(2,3)45-30(43)25(20-21-10-8-7-9-11-21)36-28(41)27(22-12-14-23(39)15-13-22)38(19-18-34)29(42)24(16-17-26(35)40)37-31(44)46-33(4,5)6/h7-15,24-25,27,39H,16-17,19-20H2,1-6H3,(H2,35,40)(H,36,41)(H,37,44). The molecule has 0 aliphatic heterocycles. The summed E-state index contributed by atoms with van der Waals surface area (Å²) in [4.78, 5) is 66.8. The lowest BCUT2D eigenvalue weighted by Gasteiger charge is -2.34. The van der Waals surface area contributed by atoms with Crippen molar-refractivity contribution in [1.29, 1.82) is 5.26 Å². The number of phenols is 1. The second kappa shape index (κ2) is 16.3. The van der Waals surface area contributed by atoms with Crippen molar-refractivity contribution in [2.45, 2.75) is 90.1 Å². The van der Waals surface area contributed by atoms with Gasteiger partial charge in [0.15, 0.2) is 0 Å². The van der Waals surface area contributed by atoms with Crippen LogP contribution >= 0.6 is 0 Å². The SMILES string of the molecule is CC(C)(C)OC(=O)NC(CCC(N)=O)C(=O)N(CC#N)C(C(=O)NC(Cc1ccccc1)C(=O)OC(C)(C)C)c1ccc(O)cc1. The molecule has 0 bridgehead atoms. The zero-order valence-electron chi connectivity index (χ0n) is 27.0. The minimum absolute atomic E-state index is 0.0530. The molecule has 2 rings (SSSR count). The van der Waals surface area contributed by atoms with E-state index in [1.165, 1.54) is 24.3 Å². The fraction of sp³-hybridized carbons (Fsp3) is 0.455. The van der Waals surface area contributed by atoms with Gasteiger partial charge in [0.2, 0.25) is 17.7 Å². The van der Waals surface area contributed by atoms with E-state index in [2.05, 4.69) is 10.6 Å². The van der Waals surface area contributed by atoms with Crippen LogP contribution in [-0.2, 0) is 35.1 Å². The van der Waals surface area contributed by atoms with E-state index >= 15 is 0 Å². The minimum Gasteiger partial charge on any atom is -0.508 e. The maximum atomic E-state index is 14.1. The Morgan fingerprint density at radius 3 is 2.00 bits per heavy atom. The van der Waals surface area contributed by atoms with E-state index in [0.717, 1.165) is 10.5 Å². The van der Waals surface area contributed by atoms with E-state index in [1.54, 1.807) is 71.9 Å². The summed E-state index contributed by atoms with van der Waals surface area (Å²) >= 11 is 0. The quantitative estimate of drug-likeness (QED) is 0.188. The van der Waals surface area contributed by atoms with Crippen molar-refractivity contribution in [3.05, 3.63) is 65.7 Å². The molecule has 0 saturated carbocycles. The van der Waals surface area contributed by atoms with Crippen LogP contribution in [0.3, 0.4) is 0 Å². The van der Waals surface area contributed by atoms with Crippen molar-refractivity contribution >= 4 is 29.8 Å². The normalized spacial score (nSPS) is 13.2. The van der Waals surface area contributed by atoms with Crippen LogP contribution in [0.5, 0.6) is 5.75 Å². The second-order valence-corrected chi connectivity index (χ2v) is 12.6. The van der Waals surface area contributed by atoms with E-state index in [4.69, 9.17) is 15.2 Å². The number of phenolic OH excluding ortho intramolecular Hbond substituents is 1. The first kappa shape index (κ1) is 37.1. The number of aromatic hydroxyl groups is 1. The Hall–Kier alpha value is -5.12. The van der Waals surface area contributed by atoms with Crippen molar-refractivity contribution in [2.24, 2.45) is 5.73 Å². The maximum Gasteiger partial charge on any atom is 0.408 e. The van der Waals surface area contributed by atoms with Gasteiger partial charge in [-0.05, 0) is 71.2 Å². The number of carbonyl (C=O) groups is 5. The van der Waals surface area contributed by atoms with Crippen molar-refractivity contribution in [3.63, 3.8) is 0 Å². The minimum atomic E-state index is -1.52. The monoisotopic (exact) mass is 637 g/mol. The summed E-state index contributed by atoms with van der Waals surface area (Å²) in [6.07, 6.45) is -1.48. The van der Waals surface area contributed by atoms with Crippen molar-refractivity contribution in [2.75, 3.05) is 6.54 Å². The highest BCUT2D eigenvalue weighted by molar-refractivity contribution is 5.94. The van der Waals surface area contributed by atoms with Crippen LogP contribution in [0, 0.1) is 11.3 Å². The first-order chi connectivity index (χ1) is 21.4. The number of esters is 1. The van der Waals surface area contributed by atoms with Gasteiger partial charge in [0.05, 0.1) is 6.07 Å². The third-order valence-corrected chi connectivity index (χ3v) is 6.25. The molecule has 0 aliphatic rings. The number of ether oxygens (including phenoxy) is 2. The van der Waals surface area contributed by atoms with Crippen LogP contribution in [0.2, 0.25) is 0 Å². The molecule has 0 spiro atoms. The number of benzene rings is 2. The number of hydrogen-bond acceptors (Lipinski definition) is 9. The third kappa shape index (κ3) is 12.5. The lowest BCUT2D eigenvalue weighted by Crippen LogP contribution is -2.55. The molecule has 3 unspecified atom stereocenters. The van der Waals surface area contributed by atoms with Crippen LogP contribution < -0.4 is 16.4 Å². The Morgan fingerprint density at radius 2 is 1.48 bits per heavy atom. The van der Waals surface area contributed by atoms with Gasteiger partial charge in [-0.25, -0.2) is 9.59 Å². The molecule has 2 aromatic rings. The number of nitrogens with zero attached hydrogens (tertiary/aromatic N) is 2. The molecule has 46 heavy (non-hydrogen) atoms. The fourth-order valence-electron chi connectivity index (χ4n) is 4.36. The molecule has 13 nitrogen and oxygen atoms in total. The fourth-order valence-corrected chi connectivity index (χ4v) is 4.36. The summed E-state index contributed by atoms with van der Waals surface area (Å²) in [6.45, 7) is 9.29. The number of rotatable bonds is 13. The van der Waals surface area contributed by atoms with E-state index in [9.17, 15) is 34.3 Å². The molecular weight excluding hydrogens is 594 g/mol. The topological polar surface area (TPSA) is 201 Å². The van der Waals surface area contributed by atoms with Crippen LogP contribution in [0.1, 0.15) is 71.6 Å². The van der Waals surface area contributed by atoms with Crippen LogP contribution in [0.15, 0.2) is 54.6 Å². The number of primary amides is 1. The van der Waals surface area contributed by atoms with Gasteiger partial charge < -0.3 is 35.8 Å². The summed E-state index contributed by atoms with van der Waals surface area (Å²) in [5.74, 6) is -3.32. The second-order valence-electron chi connectivity index (χ2n) is 12.6. The van der Waals surface area contributed by atoms with Gasteiger partial charge in [0.1, 0.15) is 41.6 Å². The Kier molecular flexibility index (Phi) is 13.1. The molecule has 0 saturated heterocycles.